The predicted octanol–water partition coefficient (Wildman–Crippen LogP) is 17.6. The monoisotopic (exact) mass is 1060 g/mol. The average molecular weight is 1060 g/mol. The van der Waals surface area contributed by atoms with E-state index in [4.69, 9.17) is 0 Å². The van der Waals surface area contributed by atoms with Gasteiger partial charge in [0.2, 0.25) is 23.0 Å². The third-order valence-electron chi connectivity index (χ3n) is 16.6. The van der Waals surface area contributed by atoms with Crippen molar-refractivity contribution in [2.24, 2.45) is 0 Å². The van der Waals surface area contributed by atoms with E-state index in [0.717, 1.165) is 154 Å². The normalized spacial score (nSPS) is 16.4. The largest absolute Gasteiger partial charge is 0.504 e. The van der Waals surface area contributed by atoms with E-state index in [9.17, 15) is 61.3 Å². The zero-order valence-corrected chi connectivity index (χ0v) is 46.6. The van der Waals surface area contributed by atoms with Crippen LogP contribution in [0.1, 0.15) is 301 Å². The molecule has 0 aliphatic heterocycles. The molecule has 0 atom stereocenters. The van der Waals surface area contributed by atoms with Gasteiger partial charge in [0.05, 0.1) is 0 Å². The molecule has 0 heterocycles. The Kier molecular flexibility index (Phi) is 25.0. The Morgan fingerprint density at radius 1 is 0.197 bits per heavy atom. The van der Waals surface area contributed by atoms with Gasteiger partial charge in [-0.2, -0.15) is 0 Å². The third kappa shape index (κ3) is 15.4. The zero-order valence-electron chi connectivity index (χ0n) is 46.6. The molecule has 4 aromatic carbocycles. The maximum absolute atomic E-state index is 12.1. The maximum Gasteiger partial charge on any atom is 0.200 e. The van der Waals surface area contributed by atoms with E-state index >= 15 is 0 Å². The van der Waals surface area contributed by atoms with Crippen molar-refractivity contribution in [3.05, 3.63) is 68.8 Å². The highest BCUT2D eigenvalue weighted by atomic mass is 16.3. The molecule has 4 aromatic rings. The van der Waals surface area contributed by atoms with Gasteiger partial charge in [0.1, 0.15) is 0 Å². The molecule has 424 valence electrons. The van der Waals surface area contributed by atoms with Gasteiger partial charge in [0, 0.05) is 68.2 Å². The van der Waals surface area contributed by atoms with E-state index < -0.39 is 92.7 Å². The van der Waals surface area contributed by atoms with E-state index in [1.165, 1.54) is 0 Å². The Hall–Kier alpha value is -5.52. The van der Waals surface area contributed by atoms with Crippen molar-refractivity contribution in [3.8, 4) is 69.0 Å². The van der Waals surface area contributed by atoms with Crippen LogP contribution in [0.4, 0.5) is 0 Å². The molecule has 76 heavy (non-hydrogen) atoms. The summed E-state index contributed by atoms with van der Waals surface area (Å²) in [7, 11) is 0. The lowest BCUT2D eigenvalue weighted by Crippen LogP contribution is -2.12. The molecule has 12 nitrogen and oxygen atoms in total. The first kappa shape index (κ1) is 61.3. The van der Waals surface area contributed by atoms with E-state index in [2.05, 4.69) is 27.7 Å². The van der Waals surface area contributed by atoms with Gasteiger partial charge >= 0.3 is 0 Å². The van der Waals surface area contributed by atoms with Crippen LogP contribution in [0.2, 0.25) is 0 Å². The molecule has 0 saturated carbocycles. The predicted molar refractivity (Wildman–Crippen MR) is 304 cm³/mol. The molecule has 0 radical (unpaired) electrons. The number of aromatic hydroxyl groups is 12. The van der Waals surface area contributed by atoms with Gasteiger partial charge in [-0.25, -0.2) is 0 Å². The Bertz CT molecular complexity index is 1980. The molecular formula is C64H96O12. The summed E-state index contributed by atoms with van der Waals surface area (Å²) in [4.78, 5) is 0. The molecule has 5 rings (SSSR count). The Morgan fingerprint density at radius 3 is 0.474 bits per heavy atom. The first-order chi connectivity index (χ1) is 36.7. The first-order valence-corrected chi connectivity index (χ1v) is 29.8. The second-order valence-electron chi connectivity index (χ2n) is 22.3. The molecule has 0 fully saturated rings. The Labute approximate surface area is 454 Å². The third-order valence-corrected chi connectivity index (χ3v) is 16.6. The summed E-state index contributed by atoms with van der Waals surface area (Å²) in [5, 5.41) is 144. The lowest BCUT2D eigenvalue weighted by Gasteiger charge is -2.30. The SMILES string of the molecule is CCCCCCCCCC1c2cc(c(O)c(O)c2O)C(CCCCCCCCC)c2cc(c(O)c(O)c2O)C(CCCCCCCCC)c2cc(c(O)c(O)c2O)C(CCCCCCCCC)c2cc1c(O)c(O)c2O. The maximum atomic E-state index is 12.1. The number of benzene rings is 4. The fourth-order valence-electron chi connectivity index (χ4n) is 12.0. The Balaban J connectivity index is 1.87. The fourth-order valence-corrected chi connectivity index (χ4v) is 12.0. The smallest absolute Gasteiger partial charge is 0.200 e. The second kappa shape index (κ2) is 31.0. The van der Waals surface area contributed by atoms with Crippen molar-refractivity contribution >= 4 is 0 Å². The number of phenolic OH excluding ortho intramolecular Hbond substituents is 12. The lowest BCUT2D eigenvalue weighted by molar-refractivity contribution is 0.347. The molecule has 1 aliphatic rings. The molecule has 12 heteroatoms. The molecule has 0 unspecified atom stereocenters. The van der Waals surface area contributed by atoms with Crippen LogP contribution in [-0.2, 0) is 0 Å². The first-order valence-electron chi connectivity index (χ1n) is 29.8. The fraction of sp³-hybridized carbons (Fsp3) is 0.625. The van der Waals surface area contributed by atoms with Gasteiger partial charge in [-0.3, -0.25) is 0 Å². The van der Waals surface area contributed by atoms with Crippen LogP contribution in [0.15, 0.2) is 24.3 Å². The average Bonchev–Trinajstić information content (AvgIpc) is 3.41. The van der Waals surface area contributed by atoms with Crippen molar-refractivity contribution < 1.29 is 61.3 Å². The molecule has 8 bridgehead atoms. The number of unbranched alkanes of at least 4 members (excludes halogenated alkanes) is 24. The van der Waals surface area contributed by atoms with Gasteiger partial charge < -0.3 is 61.3 Å². The number of fused-ring (bicyclic) bond motifs is 8. The van der Waals surface area contributed by atoms with Gasteiger partial charge in [-0.1, -0.05) is 207 Å². The van der Waals surface area contributed by atoms with Crippen LogP contribution in [0.25, 0.3) is 0 Å². The molecule has 0 spiro atoms. The highest BCUT2D eigenvalue weighted by molar-refractivity contribution is 5.70. The van der Waals surface area contributed by atoms with Crippen molar-refractivity contribution in [1.29, 1.82) is 0 Å². The van der Waals surface area contributed by atoms with Crippen molar-refractivity contribution in [3.63, 3.8) is 0 Å². The molecule has 12 N–H and O–H groups in total. The van der Waals surface area contributed by atoms with Crippen LogP contribution in [-0.4, -0.2) is 61.3 Å². The summed E-state index contributed by atoms with van der Waals surface area (Å²) in [5.41, 5.74) is 0.851. The van der Waals surface area contributed by atoms with Gasteiger partial charge in [-0.05, 0) is 49.9 Å². The molecular weight excluding hydrogens is 961 g/mol. The number of phenols is 12. The summed E-state index contributed by atoms with van der Waals surface area (Å²) < 4.78 is 0. The minimum atomic E-state index is -0.974. The van der Waals surface area contributed by atoms with Gasteiger partial charge in [0.15, 0.2) is 46.0 Å². The standard InChI is InChI=1S/C64H96O12/c1-5-9-13-17-21-25-29-33-41-45-37-47(55(67)61(73)53(45)65)42(34-30-26-22-18-14-10-6-2)49-39-51(59(71)63(75)57(49)69)44(36-32-28-24-20-16-12-8-4)52-40-50(58(70)64(76)60(52)72)43(35-31-27-23-19-15-11-7-3)48-38-46(41)54(66)62(74)56(48)68/h37-44,65-76H,5-36H2,1-4H3. The van der Waals surface area contributed by atoms with E-state index in [0.29, 0.717) is 25.7 Å². The van der Waals surface area contributed by atoms with Crippen LogP contribution in [0.5, 0.6) is 69.0 Å². The van der Waals surface area contributed by atoms with E-state index in [1.807, 2.05) is 0 Å². The quantitative estimate of drug-likeness (QED) is 0.0161. The highest BCUT2D eigenvalue weighted by Gasteiger charge is 2.37. The van der Waals surface area contributed by atoms with Crippen LogP contribution >= 0.6 is 0 Å². The highest BCUT2D eigenvalue weighted by Crippen LogP contribution is 2.59. The van der Waals surface area contributed by atoms with Gasteiger partial charge in [0.25, 0.3) is 0 Å². The lowest BCUT2D eigenvalue weighted by atomic mass is 9.76. The van der Waals surface area contributed by atoms with Crippen LogP contribution in [0, 0.1) is 0 Å². The van der Waals surface area contributed by atoms with E-state index in [1.54, 1.807) is 24.3 Å². The minimum Gasteiger partial charge on any atom is -0.504 e. The summed E-state index contributed by atoms with van der Waals surface area (Å²) in [6.07, 6.45) is 27.4. The van der Waals surface area contributed by atoms with Crippen LogP contribution < -0.4 is 0 Å². The zero-order chi connectivity index (χ0) is 55.3. The summed E-state index contributed by atoms with van der Waals surface area (Å²) in [6.45, 7) is 8.61. The molecule has 1 aliphatic carbocycles. The second-order valence-corrected chi connectivity index (χ2v) is 22.3. The molecule has 0 aromatic heterocycles. The summed E-state index contributed by atoms with van der Waals surface area (Å²) >= 11 is 0. The van der Waals surface area contributed by atoms with Crippen molar-refractivity contribution in [2.45, 2.75) is 257 Å². The molecule has 0 saturated heterocycles. The number of hydrogen-bond acceptors (Lipinski definition) is 12. The number of rotatable bonds is 32. The van der Waals surface area contributed by atoms with Crippen molar-refractivity contribution in [1.82, 2.24) is 0 Å². The summed E-state index contributed by atoms with van der Waals surface area (Å²) in [5.74, 6) is -12.5. The minimum absolute atomic E-state index is 0.106. The topological polar surface area (TPSA) is 243 Å². The van der Waals surface area contributed by atoms with E-state index in [-0.39, 0.29) is 70.2 Å². The van der Waals surface area contributed by atoms with Crippen molar-refractivity contribution in [2.75, 3.05) is 0 Å². The number of hydrogen-bond donors (Lipinski definition) is 12. The summed E-state index contributed by atoms with van der Waals surface area (Å²) in [6, 6.07) is 6.24. The molecule has 0 amide bonds. The van der Waals surface area contributed by atoms with Gasteiger partial charge in [-0.15, -0.1) is 0 Å². The Morgan fingerprint density at radius 2 is 0.329 bits per heavy atom. The van der Waals surface area contributed by atoms with Crippen LogP contribution in [0.3, 0.4) is 0 Å².